The standard InChI is InChI=1S/C47H54F2N14O/c1-25(29-9-13-33(48)14-10-29)50-46-52-39-23-62(19-17-35(39)44(56-46)54-41-21-37(58-60-41)31-5-6-31)27(3)43(64)28(4)63-20-18-36-40(24-63)53-47(51-26(2)30-11-15-34(49)16-12-30)57-45(36)55-42-22-38(59-61-42)32-7-8-32/h9-16,21-22,25-28,31-32H,5-8,17-20,23-24H2,1-4H3,(H3,50,52,54,56,58,60)(H3,51,53,55,57,59,61)/t25-,26-,27?,28?/m0/s1. The van der Waals surface area contributed by atoms with Crippen molar-refractivity contribution in [3.63, 3.8) is 0 Å². The number of H-pyrrole nitrogens is 2. The lowest BCUT2D eigenvalue weighted by Gasteiger charge is -2.38. The summed E-state index contributed by atoms with van der Waals surface area (Å²) in [5.41, 5.74) is 7.70. The van der Waals surface area contributed by atoms with Crippen molar-refractivity contribution >= 4 is 41.0 Å². The summed E-state index contributed by atoms with van der Waals surface area (Å²) in [5.74, 6) is 4.21. The van der Waals surface area contributed by atoms with E-state index in [2.05, 4.69) is 63.6 Å². The summed E-state index contributed by atoms with van der Waals surface area (Å²) in [6.07, 6.45) is 5.93. The third-order valence-corrected chi connectivity index (χ3v) is 13.3. The molecule has 2 aliphatic heterocycles. The molecular weight excluding hydrogens is 815 g/mol. The lowest BCUT2D eigenvalue weighted by atomic mass is 9.97. The van der Waals surface area contributed by atoms with Crippen molar-refractivity contribution in [2.45, 2.75) is 115 Å². The maximum absolute atomic E-state index is 14.5. The number of carbonyl (C=O) groups is 1. The van der Waals surface area contributed by atoms with Gasteiger partial charge < -0.3 is 21.3 Å². The van der Waals surface area contributed by atoms with Gasteiger partial charge in [0.25, 0.3) is 0 Å². The SMILES string of the molecule is CC(C(=O)C(C)N1CCc2c(nc(N[C@@H](C)c3ccc(F)cc3)nc2Nc2cc(C3CC3)[nH]n2)C1)N1CCc2c(nc(N[C@@H](C)c3ccc(F)cc3)nc2Nc2cc(C3CC3)[nH]n2)C1. The van der Waals surface area contributed by atoms with Crippen LogP contribution in [0.5, 0.6) is 0 Å². The molecule has 6 aromatic rings. The van der Waals surface area contributed by atoms with Crippen LogP contribution in [0.2, 0.25) is 0 Å². The Bertz CT molecular complexity index is 2460. The molecule has 6 heterocycles. The Morgan fingerprint density at radius 2 is 1.03 bits per heavy atom. The fourth-order valence-corrected chi connectivity index (χ4v) is 8.92. The molecule has 0 spiro atoms. The number of fused-ring (bicyclic) bond motifs is 2. The molecule has 2 unspecified atom stereocenters. The molecule has 332 valence electrons. The Hall–Kier alpha value is -6.33. The second-order valence-corrected chi connectivity index (χ2v) is 17.9. The maximum Gasteiger partial charge on any atom is 0.225 e. The van der Waals surface area contributed by atoms with E-state index in [1.54, 1.807) is 24.3 Å². The molecule has 6 N–H and O–H groups in total. The van der Waals surface area contributed by atoms with Crippen molar-refractivity contribution in [3.05, 3.63) is 117 Å². The molecule has 0 saturated heterocycles. The van der Waals surface area contributed by atoms with Crippen LogP contribution in [0.1, 0.15) is 122 Å². The number of halogens is 2. The first-order valence-electron chi connectivity index (χ1n) is 22.5. The van der Waals surface area contributed by atoms with Crippen molar-refractivity contribution in [3.8, 4) is 0 Å². The van der Waals surface area contributed by atoms with Crippen LogP contribution in [0.15, 0.2) is 60.7 Å². The zero-order chi connectivity index (χ0) is 44.1. The number of hydrogen-bond donors (Lipinski definition) is 6. The minimum absolute atomic E-state index is 0.117. The number of aromatic nitrogens is 8. The number of anilines is 6. The van der Waals surface area contributed by atoms with E-state index in [4.69, 9.17) is 19.9 Å². The Balaban J connectivity index is 0.866. The van der Waals surface area contributed by atoms with Gasteiger partial charge >= 0.3 is 0 Å². The first-order valence-corrected chi connectivity index (χ1v) is 22.5. The Kier molecular flexibility index (Phi) is 11.3. The number of benzene rings is 2. The van der Waals surface area contributed by atoms with Crippen molar-refractivity contribution < 1.29 is 13.6 Å². The quantitative estimate of drug-likeness (QED) is 0.0547. The molecule has 4 aromatic heterocycles. The lowest BCUT2D eigenvalue weighted by Crippen LogP contribution is -2.51. The topological polar surface area (TPSA) is 181 Å². The van der Waals surface area contributed by atoms with Crippen molar-refractivity contribution in [2.75, 3.05) is 34.4 Å². The Morgan fingerprint density at radius 3 is 1.42 bits per heavy atom. The highest BCUT2D eigenvalue weighted by atomic mass is 19.1. The number of Topliss-reactive ketones (excluding diaryl/α,β-unsaturated/α-hetero) is 1. The van der Waals surface area contributed by atoms with Gasteiger partial charge in [0, 0.05) is 72.7 Å². The number of nitrogens with zero attached hydrogens (tertiary/aromatic N) is 8. The average Bonchev–Trinajstić information content (AvgIpc) is 4.24. The highest BCUT2D eigenvalue weighted by Crippen LogP contribution is 2.41. The molecule has 2 fully saturated rings. The smallest absolute Gasteiger partial charge is 0.225 e. The summed E-state index contributed by atoms with van der Waals surface area (Å²) in [6.45, 7) is 10.2. The Morgan fingerprint density at radius 1 is 0.625 bits per heavy atom. The molecule has 0 radical (unpaired) electrons. The summed E-state index contributed by atoms with van der Waals surface area (Å²) in [7, 11) is 0. The molecule has 0 bridgehead atoms. The third kappa shape index (κ3) is 9.04. The van der Waals surface area contributed by atoms with Crippen LogP contribution < -0.4 is 21.3 Å². The van der Waals surface area contributed by atoms with E-state index in [9.17, 15) is 13.6 Å². The van der Waals surface area contributed by atoms with Crippen LogP contribution in [0.3, 0.4) is 0 Å². The van der Waals surface area contributed by atoms with Crippen LogP contribution in [-0.2, 0) is 30.7 Å². The van der Waals surface area contributed by atoms with Gasteiger partial charge in [-0.05, 0) is 102 Å². The molecule has 2 aliphatic carbocycles. The van der Waals surface area contributed by atoms with Gasteiger partial charge in [0.2, 0.25) is 11.9 Å². The Labute approximate surface area is 370 Å². The number of aromatic amines is 2. The van der Waals surface area contributed by atoms with Gasteiger partial charge in [-0.15, -0.1) is 0 Å². The molecule has 64 heavy (non-hydrogen) atoms. The third-order valence-electron chi connectivity index (χ3n) is 13.3. The molecular formula is C47H54F2N14O. The molecule has 4 atom stereocenters. The van der Waals surface area contributed by atoms with Gasteiger partial charge in [0.1, 0.15) is 23.3 Å². The highest BCUT2D eigenvalue weighted by molar-refractivity contribution is 5.88. The second kappa shape index (κ2) is 17.3. The highest BCUT2D eigenvalue weighted by Gasteiger charge is 2.36. The molecule has 2 aromatic carbocycles. The summed E-state index contributed by atoms with van der Waals surface area (Å²) in [5, 5.41) is 29.2. The molecule has 17 heteroatoms. The molecule has 2 saturated carbocycles. The van der Waals surface area contributed by atoms with E-state index >= 15 is 0 Å². The second-order valence-electron chi connectivity index (χ2n) is 17.9. The van der Waals surface area contributed by atoms with Gasteiger partial charge in [0.05, 0.1) is 35.6 Å². The zero-order valence-electron chi connectivity index (χ0n) is 36.6. The van der Waals surface area contributed by atoms with Crippen LogP contribution in [0.25, 0.3) is 0 Å². The van der Waals surface area contributed by atoms with E-state index < -0.39 is 12.1 Å². The van der Waals surface area contributed by atoms with Gasteiger partial charge in [-0.1, -0.05) is 24.3 Å². The first-order chi connectivity index (χ1) is 31.0. The van der Waals surface area contributed by atoms with Gasteiger partial charge in [-0.25, -0.2) is 18.7 Å². The van der Waals surface area contributed by atoms with Crippen LogP contribution in [0, 0.1) is 11.6 Å². The summed E-state index contributed by atoms with van der Waals surface area (Å²) in [4.78, 5) is 38.8. The van der Waals surface area contributed by atoms with Gasteiger partial charge in [0.15, 0.2) is 17.4 Å². The van der Waals surface area contributed by atoms with Gasteiger partial charge in [-0.2, -0.15) is 20.2 Å². The normalized spacial score (nSPS) is 18.3. The van der Waals surface area contributed by atoms with Gasteiger partial charge in [-0.3, -0.25) is 24.8 Å². The number of nitrogens with one attached hydrogen (secondary N) is 6. The number of rotatable bonds is 16. The predicted octanol–water partition coefficient (Wildman–Crippen LogP) is 8.34. The predicted molar refractivity (Wildman–Crippen MR) is 241 cm³/mol. The fourth-order valence-electron chi connectivity index (χ4n) is 8.92. The zero-order valence-corrected chi connectivity index (χ0v) is 36.6. The van der Waals surface area contributed by atoms with E-state index in [0.717, 1.165) is 70.7 Å². The maximum atomic E-state index is 14.5. The summed E-state index contributed by atoms with van der Waals surface area (Å²) < 4.78 is 27.5. The van der Waals surface area contributed by atoms with Crippen LogP contribution in [0.4, 0.5) is 43.9 Å². The number of carbonyl (C=O) groups excluding carboxylic acids is 1. The van der Waals surface area contributed by atoms with Crippen LogP contribution in [-0.4, -0.2) is 81.1 Å². The van der Waals surface area contributed by atoms with E-state index in [1.807, 2.05) is 27.7 Å². The van der Waals surface area contributed by atoms with Crippen molar-refractivity contribution in [2.24, 2.45) is 0 Å². The fraction of sp³-hybridized carbons (Fsp3) is 0.426. The molecule has 15 nitrogen and oxygen atoms in total. The molecule has 0 amide bonds. The van der Waals surface area contributed by atoms with Crippen molar-refractivity contribution in [1.29, 1.82) is 0 Å². The monoisotopic (exact) mass is 868 g/mol. The minimum atomic E-state index is -0.394. The minimum Gasteiger partial charge on any atom is -0.348 e. The number of ketones is 1. The summed E-state index contributed by atoms with van der Waals surface area (Å²) >= 11 is 0. The van der Waals surface area contributed by atoms with E-state index in [-0.39, 0.29) is 29.5 Å². The average molecular weight is 869 g/mol. The molecule has 10 rings (SSSR count). The summed E-state index contributed by atoms with van der Waals surface area (Å²) in [6, 6.07) is 15.7. The van der Waals surface area contributed by atoms with Crippen LogP contribution >= 0.6 is 0 Å². The van der Waals surface area contributed by atoms with E-state index in [1.165, 1.54) is 24.3 Å². The van der Waals surface area contributed by atoms with E-state index in [0.29, 0.717) is 86.0 Å². The number of hydrogen-bond acceptors (Lipinski definition) is 13. The van der Waals surface area contributed by atoms with Crippen molar-refractivity contribution in [1.82, 2.24) is 50.1 Å². The largest absolute Gasteiger partial charge is 0.348 e. The lowest BCUT2D eigenvalue weighted by molar-refractivity contribution is -0.129. The first kappa shape index (κ1) is 41.7. The molecule has 4 aliphatic rings.